The lowest BCUT2D eigenvalue weighted by Gasteiger charge is -2.44. The van der Waals surface area contributed by atoms with Crippen LogP contribution in [0.4, 0.5) is 0 Å². The first-order chi connectivity index (χ1) is 11.7. The molecule has 4 unspecified atom stereocenters. The van der Waals surface area contributed by atoms with E-state index in [1.807, 2.05) is 0 Å². The molecule has 0 saturated heterocycles. The van der Waals surface area contributed by atoms with Gasteiger partial charge in [0.05, 0.1) is 0 Å². The molecule has 148 valence electrons. The topological polar surface area (TPSA) is 35.5 Å². The van der Waals surface area contributed by atoms with Crippen LogP contribution in [0.2, 0.25) is 0 Å². The zero-order valence-corrected chi connectivity index (χ0v) is 19.0. The van der Waals surface area contributed by atoms with Gasteiger partial charge in [-0.15, -0.1) is 9.05 Å². The Hall–Kier alpha value is 0.0200. The average molecular weight is 382 g/mol. The van der Waals surface area contributed by atoms with Gasteiger partial charge in [0, 0.05) is 15.4 Å². The van der Waals surface area contributed by atoms with Crippen LogP contribution in [-0.2, 0) is 13.6 Å². The van der Waals surface area contributed by atoms with Gasteiger partial charge in [-0.25, -0.2) is 0 Å². The molecule has 0 aromatic heterocycles. The smallest absolute Gasteiger partial charge is 0.112 e. The van der Waals surface area contributed by atoms with E-state index in [0.29, 0.717) is 11.8 Å². The lowest BCUT2D eigenvalue weighted by atomic mass is 9.65. The fraction of sp³-hybridized carbons (Fsp3) is 1.00. The van der Waals surface area contributed by atoms with Crippen LogP contribution in [0.3, 0.4) is 0 Å². The van der Waals surface area contributed by atoms with Crippen molar-refractivity contribution in [2.24, 2.45) is 33.5 Å². The van der Waals surface area contributed by atoms with Crippen LogP contribution in [0.15, 0.2) is 0 Å². The van der Waals surface area contributed by atoms with Gasteiger partial charge in [0.25, 0.3) is 0 Å². The Morgan fingerprint density at radius 2 is 1.04 bits per heavy atom. The quantitative estimate of drug-likeness (QED) is 0.498. The molecule has 26 heavy (non-hydrogen) atoms. The molecule has 0 spiro atoms. The van der Waals surface area contributed by atoms with Crippen molar-refractivity contribution in [3.05, 3.63) is 0 Å². The zero-order valence-electron chi connectivity index (χ0n) is 18.1. The molecule has 3 nitrogen and oxygen atoms in total. The van der Waals surface area contributed by atoms with Gasteiger partial charge >= 0.3 is 8.25 Å². The van der Waals surface area contributed by atoms with Crippen LogP contribution in [-0.4, -0.2) is 11.2 Å². The Kier molecular flexibility index (Phi) is 3.82. The monoisotopic (exact) mass is 381 g/mol. The lowest BCUT2D eigenvalue weighted by molar-refractivity contribution is -0.0908. The maximum absolute atomic E-state index is 13.1. The summed E-state index contributed by atoms with van der Waals surface area (Å²) < 4.78 is 25.7. The molecule has 0 heterocycles. The van der Waals surface area contributed by atoms with E-state index >= 15 is 0 Å². The summed E-state index contributed by atoms with van der Waals surface area (Å²) in [5.41, 5.74) is -0.0887. The summed E-state index contributed by atoms with van der Waals surface area (Å²) in [6.07, 6.45) is 6.87. The highest BCUT2D eigenvalue weighted by atomic mass is 31.1. The maximum Gasteiger partial charge on any atom is 0.698 e. The highest BCUT2D eigenvalue weighted by Crippen LogP contribution is 2.74. The standard InChI is InChI=1S/C22H38O3P/c1-17(2)15-9-11-19(17,5)21(7,13-15)24-26(23)25-22(8)14-16-10-12-20(22,6)18(16,3)4/h15-16H,9-14H2,1-8H3/q+1/t15?,16?,19?,20?,21-,22-/m1/s1. The summed E-state index contributed by atoms with van der Waals surface area (Å²) in [6, 6.07) is 0. The van der Waals surface area contributed by atoms with Gasteiger partial charge < -0.3 is 0 Å². The zero-order chi connectivity index (χ0) is 19.4. The molecular formula is C22H38O3P+. The maximum atomic E-state index is 13.1. The first kappa shape index (κ1) is 19.3. The molecule has 0 radical (unpaired) electrons. The lowest BCUT2D eigenvalue weighted by Crippen LogP contribution is -2.47. The van der Waals surface area contributed by atoms with Crippen LogP contribution in [0.1, 0.15) is 93.9 Å². The molecule has 6 atom stereocenters. The molecule has 4 fully saturated rings. The molecule has 0 aromatic carbocycles. The molecule has 4 bridgehead atoms. The summed E-state index contributed by atoms with van der Waals surface area (Å²) in [4.78, 5) is 0. The van der Waals surface area contributed by atoms with Crippen molar-refractivity contribution in [1.29, 1.82) is 0 Å². The predicted molar refractivity (Wildman–Crippen MR) is 105 cm³/mol. The molecule has 4 heteroatoms. The third kappa shape index (κ3) is 1.99. The minimum atomic E-state index is -2.12. The minimum Gasteiger partial charge on any atom is -0.112 e. The van der Waals surface area contributed by atoms with E-state index < -0.39 is 8.25 Å². The summed E-state index contributed by atoms with van der Waals surface area (Å²) >= 11 is 0. The Morgan fingerprint density at radius 1 is 0.692 bits per heavy atom. The van der Waals surface area contributed by atoms with E-state index in [1.165, 1.54) is 12.8 Å². The van der Waals surface area contributed by atoms with E-state index in [4.69, 9.17) is 9.05 Å². The van der Waals surface area contributed by atoms with E-state index in [-0.39, 0.29) is 32.9 Å². The van der Waals surface area contributed by atoms with Crippen LogP contribution in [0, 0.1) is 33.5 Å². The number of rotatable bonds is 4. The van der Waals surface area contributed by atoms with Crippen LogP contribution < -0.4 is 0 Å². The summed E-state index contributed by atoms with van der Waals surface area (Å²) in [7, 11) is -2.12. The fourth-order valence-corrected chi connectivity index (χ4v) is 9.06. The molecule has 4 aliphatic rings. The van der Waals surface area contributed by atoms with Gasteiger partial charge in [-0.1, -0.05) is 41.5 Å². The normalized spacial score (nSPS) is 54.1. The summed E-state index contributed by atoms with van der Waals surface area (Å²) in [5, 5.41) is 0. The molecule has 4 saturated carbocycles. The Labute approximate surface area is 160 Å². The molecule has 0 aliphatic heterocycles. The van der Waals surface area contributed by atoms with Gasteiger partial charge in [-0.05, 0) is 75.0 Å². The van der Waals surface area contributed by atoms with Crippen molar-refractivity contribution >= 4 is 8.25 Å². The van der Waals surface area contributed by atoms with Gasteiger partial charge in [0.1, 0.15) is 11.2 Å². The number of hydrogen-bond acceptors (Lipinski definition) is 3. The molecule has 4 rings (SSSR count). The second-order valence-electron chi connectivity index (χ2n) is 11.9. The largest absolute Gasteiger partial charge is 0.698 e. The van der Waals surface area contributed by atoms with Gasteiger partial charge in [-0.2, -0.15) is 0 Å². The van der Waals surface area contributed by atoms with Crippen LogP contribution in [0.25, 0.3) is 0 Å². The first-order valence-electron chi connectivity index (χ1n) is 10.6. The second-order valence-corrected chi connectivity index (χ2v) is 12.7. The first-order valence-corrected chi connectivity index (χ1v) is 11.7. The van der Waals surface area contributed by atoms with Gasteiger partial charge in [0.2, 0.25) is 0 Å². The van der Waals surface area contributed by atoms with E-state index in [1.54, 1.807) is 0 Å². The van der Waals surface area contributed by atoms with Crippen molar-refractivity contribution in [3.8, 4) is 0 Å². The second kappa shape index (κ2) is 5.14. The summed E-state index contributed by atoms with van der Waals surface area (Å²) in [6.45, 7) is 18.5. The Bertz CT molecular complexity index is 604. The van der Waals surface area contributed by atoms with Crippen molar-refractivity contribution in [1.82, 2.24) is 0 Å². The van der Waals surface area contributed by atoms with Gasteiger partial charge in [-0.3, -0.25) is 0 Å². The molecular weight excluding hydrogens is 343 g/mol. The molecule has 0 amide bonds. The Morgan fingerprint density at radius 3 is 1.27 bits per heavy atom. The SMILES string of the molecule is CC1(C)C2CCC1(C)[C@](C)(O[P+](=O)O[C@]1(C)CC3CCC1(C)C3(C)C)C2. The molecule has 0 aromatic rings. The minimum absolute atomic E-state index is 0.0672. The number of fused-ring (bicyclic) bond motifs is 4. The van der Waals surface area contributed by atoms with Crippen molar-refractivity contribution < 1.29 is 13.6 Å². The van der Waals surface area contributed by atoms with Crippen LogP contribution >= 0.6 is 8.25 Å². The van der Waals surface area contributed by atoms with E-state index in [2.05, 4.69) is 55.4 Å². The van der Waals surface area contributed by atoms with Gasteiger partial charge in [0.15, 0.2) is 0 Å². The van der Waals surface area contributed by atoms with Crippen molar-refractivity contribution in [3.63, 3.8) is 0 Å². The highest BCUT2D eigenvalue weighted by molar-refractivity contribution is 7.33. The third-order valence-corrected chi connectivity index (χ3v) is 12.1. The fourth-order valence-electron chi connectivity index (χ4n) is 7.81. The van der Waals surface area contributed by atoms with E-state index in [9.17, 15) is 4.57 Å². The number of hydrogen-bond donors (Lipinski definition) is 0. The van der Waals surface area contributed by atoms with E-state index in [0.717, 1.165) is 25.7 Å². The highest BCUT2D eigenvalue weighted by Gasteiger charge is 2.73. The third-order valence-electron chi connectivity index (χ3n) is 11.0. The molecule has 4 aliphatic carbocycles. The summed E-state index contributed by atoms with van der Waals surface area (Å²) in [5.74, 6) is 1.32. The van der Waals surface area contributed by atoms with Crippen LogP contribution in [0.5, 0.6) is 0 Å². The predicted octanol–water partition coefficient (Wildman–Crippen LogP) is 6.89. The molecule has 0 N–H and O–H groups in total. The Balaban J connectivity index is 1.53. The average Bonchev–Trinajstić information content (AvgIpc) is 2.96. The van der Waals surface area contributed by atoms with Crippen molar-refractivity contribution in [2.75, 3.05) is 0 Å². The van der Waals surface area contributed by atoms with Crippen molar-refractivity contribution in [2.45, 2.75) is 105 Å².